The lowest BCUT2D eigenvalue weighted by Gasteiger charge is -2.29. The summed E-state index contributed by atoms with van der Waals surface area (Å²) in [6.45, 7) is 2.94. The molecule has 112 valence electrons. The molecule has 8 nitrogen and oxygen atoms in total. The molecule has 2 rings (SSSR count). The highest BCUT2D eigenvalue weighted by atomic mass is 32.2. The number of nitrogens with one attached hydrogen (secondary N) is 2. The number of hydrogen-bond donors (Lipinski definition) is 2. The second-order valence-electron chi connectivity index (χ2n) is 4.56. The SMILES string of the molecule is CC(=O)Nc1nnc(S(=O)(=O)N(C)C2CCNCC2)s1. The highest BCUT2D eigenvalue weighted by Crippen LogP contribution is 2.25. The van der Waals surface area contributed by atoms with Gasteiger partial charge in [-0.15, -0.1) is 10.2 Å². The Morgan fingerprint density at radius 3 is 2.65 bits per heavy atom. The van der Waals surface area contributed by atoms with Crippen molar-refractivity contribution < 1.29 is 13.2 Å². The average Bonchev–Trinajstić information content (AvgIpc) is 2.87. The van der Waals surface area contributed by atoms with E-state index in [1.165, 1.54) is 11.2 Å². The van der Waals surface area contributed by atoms with Gasteiger partial charge < -0.3 is 10.6 Å². The predicted molar refractivity (Wildman–Crippen MR) is 75.1 cm³/mol. The lowest BCUT2D eigenvalue weighted by molar-refractivity contribution is -0.114. The van der Waals surface area contributed by atoms with Gasteiger partial charge in [0.2, 0.25) is 15.4 Å². The molecule has 0 unspecified atom stereocenters. The van der Waals surface area contributed by atoms with Gasteiger partial charge in [0.1, 0.15) is 0 Å². The van der Waals surface area contributed by atoms with Gasteiger partial charge in [0.15, 0.2) is 0 Å². The van der Waals surface area contributed by atoms with Crippen LogP contribution in [0.25, 0.3) is 0 Å². The van der Waals surface area contributed by atoms with E-state index in [1.54, 1.807) is 7.05 Å². The molecule has 20 heavy (non-hydrogen) atoms. The van der Waals surface area contributed by atoms with Gasteiger partial charge in [0, 0.05) is 20.0 Å². The summed E-state index contributed by atoms with van der Waals surface area (Å²) in [6.07, 6.45) is 1.54. The molecule has 0 radical (unpaired) electrons. The lowest BCUT2D eigenvalue weighted by Crippen LogP contribution is -2.43. The number of rotatable bonds is 4. The third-order valence-electron chi connectivity index (χ3n) is 3.11. The predicted octanol–water partition coefficient (Wildman–Crippen LogP) is -0.131. The zero-order chi connectivity index (χ0) is 14.8. The van der Waals surface area contributed by atoms with Crippen LogP contribution in [0.4, 0.5) is 5.13 Å². The first-order valence-corrected chi connectivity index (χ1v) is 8.47. The van der Waals surface area contributed by atoms with Crippen LogP contribution in [0.1, 0.15) is 19.8 Å². The maximum atomic E-state index is 12.4. The Morgan fingerprint density at radius 1 is 1.40 bits per heavy atom. The summed E-state index contributed by atoms with van der Waals surface area (Å²) >= 11 is 0.861. The van der Waals surface area contributed by atoms with Gasteiger partial charge in [0.25, 0.3) is 10.0 Å². The Balaban J connectivity index is 2.16. The number of carbonyl (C=O) groups excluding carboxylic acids is 1. The highest BCUT2D eigenvalue weighted by molar-refractivity contribution is 7.91. The van der Waals surface area contributed by atoms with Crippen LogP contribution in [0.5, 0.6) is 0 Å². The largest absolute Gasteiger partial charge is 0.317 e. The zero-order valence-electron chi connectivity index (χ0n) is 11.3. The number of piperidine rings is 1. The van der Waals surface area contributed by atoms with Crippen LogP contribution < -0.4 is 10.6 Å². The van der Waals surface area contributed by atoms with Crippen molar-refractivity contribution in [3.05, 3.63) is 0 Å². The van der Waals surface area contributed by atoms with Gasteiger partial charge >= 0.3 is 0 Å². The van der Waals surface area contributed by atoms with Gasteiger partial charge in [0.05, 0.1) is 0 Å². The molecule has 1 aliphatic heterocycles. The smallest absolute Gasteiger partial charge is 0.272 e. The van der Waals surface area contributed by atoms with Crippen LogP contribution in [0.2, 0.25) is 0 Å². The van der Waals surface area contributed by atoms with Crippen LogP contribution in [0.3, 0.4) is 0 Å². The van der Waals surface area contributed by atoms with Crippen LogP contribution >= 0.6 is 11.3 Å². The highest BCUT2D eigenvalue weighted by Gasteiger charge is 2.32. The van der Waals surface area contributed by atoms with Crippen molar-refractivity contribution in [3.63, 3.8) is 0 Å². The minimum absolute atomic E-state index is 0.0330. The first kappa shape index (κ1) is 15.3. The molecule has 0 bridgehead atoms. The van der Waals surface area contributed by atoms with Crippen molar-refractivity contribution in [2.75, 3.05) is 25.5 Å². The van der Waals surface area contributed by atoms with Crippen molar-refractivity contribution >= 4 is 32.4 Å². The third kappa shape index (κ3) is 3.32. The number of carbonyl (C=O) groups is 1. The number of aromatic nitrogens is 2. The van der Waals surface area contributed by atoms with Crippen molar-refractivity contribution in [3.8, 4) is 0 Å². The summed E-state index contributed by atoms with van der Waals surface area (Å²) in [4.78, 5) is 10.9. The van der Waals surface area contributed by atoms with Gasteiger partial charge in [-0.05, 0) is 25.9 Å². The standard InChI is InChI=1S/C10H17N5O3S2/c1-7(16)12-9-13-14-10(19-9)20(17,18)15(2)8-3-5-11-6-4-8/h8,11H,3-6H2,1-2H3,(H,12,13,16). The minimum atomic E-state index is -3.65. The number of anilines is 1. The fourth-order valence-electron chi connectivity index (χ4n) is 2.00. The van der Waals surface area contributed by atoms with E-state index in [-0.39, 0.29) is 21.4 Å². The average molecular weight is 319 g/mol. The van der Waals surface area contributed by atoms with E-state index < -0.39 is 10.0 Å². The van der Waals surface area contributed by atoms with E-state index in [9.17, 15) is 13.2 Å². The van der Waals surface area contributed by atoms with Crippen molar-refractivity contribution in [1.82, 2.24) is 19.8 Å². The second kappa shape index (κ2) is 6.12. The Morgan fingerprint density at radius 2 is 2.05 bits per heavy atom. The normalized spacial score (nSPS) is 17.4. The van der Waals surface area contributed by atoms with Crippen molar-refractivity contribution in [2.24, 2.45) is 0 Å². The second-order valence-corrected chi connectivity index (χ2v) is 7.71. The molecule has 2 heterocycles. The molecule has 0 aliphatic carbocycles. The van der Waals surface area contributed by atoms with Crippen LogP contribution in [-0.4, -0.2) is 55.0 Å². The summed E-state index contributed by atoms with van der Waals surface area (Å²) in [6, 6.07) is -0.0330. The molecule has 1 aromatic heterocycles. The Bertz CT molecular complexity index is 579. The summed E-state index contributed by atoms with van der Waals surface area (Å²) in [5.74, 6) is -0.309. The quantitative estimate of drug-likeness (QED) is 0.749. The topological polar surface area (TPSA) is 104 Å². The van der Waals surface area contributed by atoms with E-state index >= 15 is 0 Å². The molecule has 1 saturated heterocycles. The van der Waals surface area contributed by atoms with Gasteiger partial charge in [-0.2, -0.15) is 4.31 Å². The minimum Gasteiger partial charge on any atom is -0.317 e. The maximum absolute atomic E-state index is 12.4. The van der Waals surface area contributed by atoms with Gasteiger partial charge in [-0.25, -0.2) is 8.42 Å². The molecular formula is C10H17N5O3S2. The molecule has 10 heteroatoms. The summed E-state index contributed by atoms with van der Waals surface area (Å²) < 4.78 is 26.1. The first-order valence-electron chi connectivity index (χ1n) is 6.21. The van der Waals surface area contributed by atoms with Crippen molar-refractivity contribution in [2.45, 2.75) is 30.1 Å². The molecule has 0 aromatic carbocycles. The molecule has 0 saturated carbocycles. The van der Waals surface area contributed by atoms with Gasteiger partial charge in [-0.3, -0.25) is 4.79 Å². The fraction of sp³-hybridized carbons (Fsp3) is 0.700. The Labute approximate surface area is 121 Å². The van der Waals surface area contributed by atoms with E-state index in [4.69, 9.17) is 0 Å². The number of hydrogen-bond acceptors (Lipinski definition) is 7. The lowest BCUT2D eigenvalue weighted by atomic mass is 10.1. The van der Waals surface area contributed by atoms with Gasteiger partial charge in [-0.1, -0.05) is 11.3 Å². The fourth-order valence-corrected chi connectivity index (χ4v) is 4.53. The Kier molecular flexibility index (Phi) is 4.68. The number of amides is 1. The third-order valence-corrected chi connectivity index (χ3v) is 6.21. The molecule has 0 atom stereocenters. The van der Waals surface area contributed by atoms with E-state index in [2.05, 4.69) is 20.8 Å². The molecule has 1 aromatic rings. The Hall–Kier alpha value is -1.10. The monoisotopic (exact) mass is 319 g/mol. The van der Waals surface area contributed by atoms with E-state index in [0.29, 0.717) is 0 Å². The molecule has 0 spiro atoms. The van der Waals surface area contributed by atoms with E-state index in [1.807, 2.05) is 0 Å². The summed E-state index contributed by atoms with van der Waals surface area (Å²) in [7, 11) is -2.09. The molecule has 1 aliphatic rings. The van der Waals surface area contributed by atoms with Crippen LogP contribution in [-0.2, 0) is 14.8 Å². The number of nitrogens with zero attached hydrogens (tertiary/aromatic N) is 3. The molecule has 2 N–H and O–H groups in total. The molecular weight excluding hydrogens is 302 g/mol. The molecule has 1 amide bonds. The first-order chi connectivity index (χ1) is 9.41. The maximum Gasteiger partial charge on any atom is 0.272 e. The van der Waals surface area contributed by atoms with Crippen molar-refractivity contribution in [1.29, 1.82) is 0 Å². The van der Waals surface area contributed by atoms with E-state index in [0.717, 1.165) is 37.3 Å². The summed E-state index contributed by atoms with van der Waals surface area (Å²) in [5, 5.41) is 13.1. The summed E-state index contributed by atoms with van der Waals surface area (Å²) in [5.41, 5.74) is 0. The number of sulfonamides is 1. The van der Waals surface area contributed by atoms with Crippen LogP contribution in [0, 0.1) is 0 Å². The molecule has 1 fully saturated rings. The zero-order valence-corrected chi connectivity index (χ0v) is 12.9. The van der Waals surface area contributed by atoms with Crippen LogP contribution in [0.15, 0.2) is 4.34 Å².